The summed E-state index contributed by atoms with van der Waals surface area (Å²) in [6.07, 6.45) is 0.545. The van der Waals surface area contributed by atoms with Crippen molar-refractivity contribution in [2.24, 2.45) is 0 Å². The number of rotatable bonds is 3. The molecule has 8 heteroatoms. The van der Waals surface area contributed by atoms with Gasteiger partial charge in [-0.3, -0.25) is 19.0 Å². The largest absolute Gasteiger partial charge is 0.505 e. The first-order valence-electron chi connectivity index (χ1n) is 9.28. The van der Waals surface area contributed by atoms with Gasteiger partial charge in [0, 0.05) is 18.5 Å². The highest BCUT2D eigenvalue weighted by Gasteiger charge is 2.30. The van der Waals surface area contributed by atoms with Gasteiger partial charge in [-0.1, -0.05) is 6.07 Å². The summed E-state index contributed by atoms with van der Waals surface area (Å²) in [6.45, 7) is 0. The molecular formula is C22H17FN2O5. The quantitative estimate of drug-likeness (QED) is 0.406. The number of carbonyl (C=O) groups is 2. The summed E-state index contributed by atoms with van der Waals surface area (Å²) in [6, 6.07) is 10.6. The minimum absolute atomic E-state index is 0.0831. The molecule has 2 aromatic carbocycles. The van der Waals surface area contributed by atoms with Gasteiger partial charge in [0.15, 0.2) is 28.8 Å². The maximum absolute atomic E-state index is 14.5. The third-order valence-corrected chi connectivity index (χ3v) is 4.99. The highest BCUT2D eigenvalue weighted by atomic mass is 19.1. The zero-order valence-electron chi connectivity index (χ0n) is 16.0. The van der Waals surface area contributed by atoms with Gasteiger partial charge in [-0.05, 0) is 42.8 Å². The van der Waals surface area contributed by atoms with Crippen LogP contribution in [-0.2, 0) is 9.59 Å². The number of fused-ring (bicyclic) bond motifs is 1. The Morgan fingerprint density at radius 3 is 2.37 bits per heavy atom. The predicted octanol–water partition coefficient (Wildman–Crippen LogP) is 3.12. The maximum Gasteiger partial charge on any atom is 0.285 e. The van der Waals surface area contributed by atoms with E-state index in [0.29, 0.717) is 17.9 Å². The molecular weight excluding hydrogens is 391 g/mol. The molecule has 1 heterocycles. The van der Waals surface area contributed by atoms with E-state index in [9.17, 15) is 23.9 Å². The molecule has 1 aromatic heterocycles. The number of hydrogen-bond donors (Lipinski definition) is 1. The number of para-hydroxylation sites is 1. The minimum atomic E-state index is -0.817. The number of carbonyl (C=O) groups excluding carboxylic acids is 2. The van der Waals surface area contributed by atoms with Crippen LogP contribution in [0.15, 0.2) is 52.8 Å². The number of aromatic nitrogens is 2. The Morgan fingerprint density at radius 2 is 1.73 bits per heavy atom. The first kappa shape index (κ1) is 19.5. The van der Waals surface area contributed by atoms with Gasteiger partial charge in [-0.2, -0.15) is 0 Å². The van der Waals surface area contributed by atoms with Crippen LogP contribution in [0.25, 0.3) is 22.5 Å². The van der Waals surface area contributed by atoms with Gasteiger partial charge >= 0.3 is 0 Å². The fourth-order valence-corrected chi connectivity index (χ4v) is 3.51. The van der Waals surface area contributed by atoms with Crippen LogP contribution in [0.1, 0.15) is 25.0 Å². The van der Waals surface area contributed by atoms with Crippen molar-refractivity contribution >= 4 is 28.4 Å². The molecule has 1 N–H and O–H groups in total. The minimum Gasteiger partial charge on any atom is -0.505 e. The van der Waals surface area contributed by atoms with E-state index in [1.807, 2.05) is 0 Å². The second-order valence-corrected chi connectivity index (χ2v) is 6.83. The number of Topliss-reactive ketones (excluding diaryl/α,β-unsaturated/α-hetero) is 2. The van der Waals surface area contributed by atoms with Crippen molar-refractivity contribution in [2.75, 3.05) is 7.11 Å². The van der Waals surface area contributed by atoms with E-state index in [2.05, 4.69) is 4.98 Å². The monoisotopic (exact) mass is 408 g/mol. The van der Waals surface area contributed by atoms with Crippen LogP contribution in [0.2, 0.25) is 0 Å². The molecule has 3 aromatic rings. The van der Waals surface area contributed by atoms with Gasteiger partial charge < -0.3 is 9.84 Å². The topological polar surface area (TPSA) is 98.5 Å². The zero-order chi connectivity index (χ0) is 21.4. The van der Waals surface area contributed by atoms with Gasteiger partial charge in [0.05, 0.1) is 12.6 Å². The number of aliphatic hydroxyl groups is 1. The van der Waals surface area contributed by atoms with Gasteiger partial charge in [-0.15, -0.1) is 0 Å². The van der Waals surface area contributed by atoms with E-state index in [1.165, 1.54) is 29.9 Å². The number of aliphatic hydroxyl groups excluding tert-OH is 1. The number of benzene rings is 2. The van der Waals surface area contributed by atoms with Crippen molar-refractivity contribution in [3.8, 4) is 11.4 Å². The average molecular weight is 408 g/mol. The van der Waals surface area contributed by atoms with Crippen molar-refractivity contribution in [1.29, 1.82) is 0 Å². The number of halogens is 1. The normalized spacial score (nSPS) is 14.3. The second kappa shape index (κ2) is 7.55. The van der Waals surface area contributed by atoms with E-state index >= 15 is 0 Å². The first-order chi connectivity index (χ1) is 14.4. The summed E-state index contributed by atoms with van der Waals surface area (Å²) in [7, 11) is 1.50. The van der Waals surface area contributed by atoms with Crippen LogP contribution in [0.3, 0.4) is 0 Å². The number of hydrogen-bond acceptors (Lipinski definition) is 6. The molecule has 0 bridgehead atoms. The Hall–Kier alpha value is -3.81. The number of methoxy groups -OCH3 is 1. The molecule has 0 atom stereocenters. The Balaban J connectivity index is 2.06. The van der Waals surface area contributed by atoms with E-state index in [-0.39, 0.29) is 23.9 Å². The number of nitrogens with zero attached hydrogens (tertiary/aromatic N) is 2. The molecule has 30 heavy (non-hydrogen) atoms. The predicted molar refractivity (Wildman–Crippen MR) is 107 cm³/mol. The van der Waals surface area contributed by atoms with Crippen molar-refractivity contribution < 1.29 is 23.8 Å². The molecule has 0 amide bonds. The van der Waals surface area contributed by atoms with Crippen molar-refractivity contribution in [1.82, 2.24) is 9.55 Å². The second-order valence-electron chi connectivity index (χ2n) is 6.83. The van der Waals surface area contributed by atoms with Crippen LogP contribution in [-0.4, -0.2) is 33.3 Å². The Bertz CT molecular complexity index is 1260. The maximum atomic E-state index is 14.5. The Morgan fingerprint density at radius 1 is 1.07 bits per heavy atom. The summed E-state index contributed by atoms with van der Waals surface area (Å²) in [4.78, 5) is 41.7. The van der Waals surface area contributed by atoms with E-state index < -0.39 is 40.0 Å². The molecule has 4 rings (SSSR count). The van der Waals surface area contributed by atoms with Crippen LogP contribution in [0.5, 0.6) is 5.75 Å². The summed E-state index contributed by atoms with van der Waals surface area (Å²) < 4.78 is 20.8. The third-order valence-electron chi connectivity index (χ3n) is 4.99. The lowest BCUT2D eigenvalue weighted by Crippen LogP contribution is -2.27. The molecule has 7 nitrogen and oxygen atoms in total. The lowest BCUT2D eigenvalue weighted by atomic mass is 9.90. The van der Waals surface area contributed by atoms with E-state index in [0.717, 1.165) is 0 Å². The molecule has 0 saturated heterocycles. The highest BCUT2D eigenvalue weighted by Crippen LogP contribution is 2.25. The smallest absolute Gasteiger partial charge is 0.285 e. The summed E-state index contributed by atoms with van der Waals surface area (Å²) >= 11 is 0. The van der Waals surface area contributed by atoms with Crippen LogP contribution in [0.4, 0.5) is 4.39 Å². The summed E-state index contributed by atoms with van der Waals surface area (Å²) in [5.41, 5.74) is -1.42. The lowest BCUT2D eigenvalue weighted by molar-refractivity contribution is -0.123. The van der Waals surface area contributed by atoms with Gasteiger partial charge in [0.2, 0.25) is 0 Å². The number of ether oxygens (including phenoxy) is 1. The molecule has 1 fully saturated rings. The van der Waals surface area contributed by atoms with Gasteiger partial charge in [0.1, 0.15) is 16.8 Å². The van der Waals surface area contributed by atoms with Crippen molar-refractivity contribution in [2.45, 2.75) is 19.3 Å². The molecule has 1 aliphatic carbocycles. The number of ketones is 2. The Labute approximate surface area is 170 Å². The van der Waals surface area contributed by atoms with Crippen LogP contribution >= 0.6 is 0 Å². The first-order valence-corrected chi connectivity index (χ1v) is 9.28. The highest BCUT2D eigenvalue weighted by molar-refractivity contribution is 6.25. The number of allylic oxidation sites excluding steroid dienone is 1. The fraction of sp³-hybridized carbons (Fsp3) is 0.182. The summed E-state index contributed by atoms with van der Waals surface area (Å²) in [5, 5.41) is 10.7. The van der Waals surface area contributed by atoms with Crippen LogP contribution in [0, 0.1) is 5.82 Å². The summed E-state index contributed by atoms with van der Waals surface area (Å²) in [5.74, 6) is -2.10. The molecule has 0 radical (unpaired) electrons. The molecule has 152 valence electrons. The molecule has 0 unspecified atom stereocenters. The molecule has 0 aliphatic heterocycles. The molecule has 1 aliphatic rings. The van der Waals surface area contributed by atoms with E-state index in [1.54, 1.807) is 24.3 Å². The van der Waals surface area contributed by atoms with E-state index in [4.69, 9.17) is 4.74 Å². The van der Waals surface area contributed by atoms with Gasteiger partial charge in [-0.25, -0.2) is 9.37 Å². The average Bonchev–Trinajstić information content (AvgIpc) is 2.73. The molecule has 1 saturated carbocycles. The van der Waals surface area contributed by atoms with Crippen LogP contribution < -0.4 is 10.3 Å². The lowest BCUT2D eigenvalue weighted by Gasteiger charge is -2.16. The Kier molecular flexibility index (Phi) is 4.91. The fourth-order valence-electron chi connectivity index (χ4n) is 3.51. The van der Waals surface area contributed by atoms with Crippen molar-refractivity contribution in [3.63, 3.8) is 0 Å². The SMILES string of the molecule is COc1ccc(-n2c(=O)c(C(O)=C3C(=O)CCCC3=O)nc3c(F)cccc32)cc1. The molecule has 0 spiro atoms. The zero-order valence-corrected chi connectivity index (χ0v) is 16.0. The van der Waals surface area contributed by atoms with Crippen molar-refractivity contribution in [3.05, 3.63) is 69.9 Å². The standard InChI is InChI=1S/C22H17FN2O5/c1-30-13-10-8-12(9-11-13)25-15-5-2-4-14(23)19(15)24-20(22(25)29)21(28)18-16(26)6-3-7-17(18)27/h2,4-5,8-11,28H,3,6-7H2,1H3. The third kappa shape index (κ3) is 3.16. The van der Waals surface area contributed by atoms with Gasteiger partial charge in [0.25, 0.3) is 5.56 Å².